The van der Waals surface area contributed by atoms with Gasteiger partial charge in [-0.05, 0) is 42.0 Å². The average molecular weight is 447 g/mol. The molecule has 6 nitrogen and oxygen atoms in total. The molecule has 0 radical (unpaired) electrons. The van der Waals surface area contributed by atoms with Gasteiger partial charge in [0.15, 0.2) is 0 Å². The van der Waals surface area contributed by atoms with Crippen LogP contribution in [0.4, 0.5) is 5.69 Å². The van der Waals surface area contributed by atoms with E-state index in [2.05, 4.69) is 15.8 Å². The van der Waals surface area contributed by atoms with E-state index in [1.165, 1.54) is 6.21 Å². The lowest BCUT2D eigenvalue weighted by Crippen LogP contribution is -2.32. The number of anilines is 1. The van der Waals surface area contributed by atoms with Crippen molar-refractivity contribution in [1.29, 1.82) is 0 Å². The van der Waals surface area contributed by atoms with Gasteiger partial charge >= 0.3 is 0 Å². The molecule has 3 rings (SSSR count). The summed E-state index contributed by atoms with van der Waals surface area (Å²) in [6.07, 6.45) is 3.05. The molecule has 0 spiro atoms. The number of nitrogens with one attached hydrogen (secondary N) is 2. The molecule has 0 bridgehead atoms. The number of halogens is 1. The standard InChI is InChI=1S/C25H23ClN4O2/c1-30(2)21-14-12-18(13-15-21)16-23(28-24(31)19-8-4-3-5-9-19)25(32)29-27-17-20-10-6-7-11-22(20)26/h3-17H,1-2H3,(H,28,31)(H,29,32)/b23-16-,27-17?. The first-order chi connectivity index (χ1) is 15.4. The summed E-state index contributed by atoms with van der Waals surface area (Å²) in [4.78, 5) is 27.4. The van der Waals surface area contributed by atoms with E-state index in [-0.39, 0.29) is 5.70 Å². The van der Waals surface area contributed by atoms with Gasteiger partial charge in [0.2, 0.25) is 0 Å². The van der Waals surface area contributed by atoms with Gasteiger partial charge in [-0.3, -0.25) is 9.59 Å². The summed E-state index contributed by atoms with van der Waals surface area (Å²) in [6, 6.07) is 23.4. The zero-order valence-electron chi connectivity index (χ0n) is 17.7. The molecule has 0 saturated carbocycles. The van der Waals surface area contributed by atoms with E-state index in [1.54, 1.807) is 48.5 Å². The van der Waals surface area contributed by atoms with Gasteiger partial charge in [-0.2, -0.15) is 5.10 Å². The summed E-state index contributed by atoms with van der Waals surface area (Å²) in [5.41, 5.74) is 5.38. The second kappa shape index (κ2) is 10.9. The maximum atomic E-state index is 12.8. The van der Waals surface area contributed by atoms with Gasteiger partial charge in [-0.1, -0.05) is 60.1 Å². The fraction of sp³-hybridized carbons (Fsp3) is 0.0800. The topological polar surface area (TPSA) is 73.8 Å². The zero-order valence-corrected chi connectivity index (χ0v) is 18.5. The number of carbonyl (C=O) groups excluding carboxylic acids is 2. The molecule has 0 fully saturated rings. The predicted molar refractivity (Wildman–Crippen MR) is 130 cm³/mol. The number of hydrogen-bond donors (Lipinski definition) is 2. The predicted octanol–water partition coefficient (Wildman–Crippen LogP) is 4.33. The van der Waals surface area contributed by atoms with Crippen molar-refractivity contribution in [3.05, 3.63) is 106 Å². The molecule has 3 aromatic carbocycles. The van der Waals surface area contributed by atoms with Gasteiger partial charge in [-0.25, -0.2) is 5.43 Å². The number of benzene rings is 3. The number of amides is 2. The third-order valence-electron chi connectivity index (χ3n) is 4.52. The zero-order chi connectivity index (χ0) is 22.9. The number of hydrazone groups is 1. The van der Waals surface area contributed by atoms with Crippen molar-refractivity contribution in [2.45, 2.75) is 0 Å². The van der Waals surface area contributed by atoms with Gasteiger partial charge in [0.25, 0.3) is 11.8 Å². The van der Waals surface area contributed by atoms with Gasteiger partial charge < -0.3 is 10.2 Å². The third-order valence-corrected chi connectivity index (χ3v) is 4.87. The van der Waals surface area contributed by atoms with Crippen LogP contribution < -0.4 is 15.6 Å². The van der Waals surface area contributed by atoms with Gasteiger partial charge in [0, 0.05) is 35.9 Å². The molecule has 7 heteroatoms. The molecule has 2 amide bonds. The minimum Gasteiger partial charge on any atom is -0.378 e. The Morgan fingerprint density at radius 2 is 1.56 bits per heavy atom. The SMILES string of the molecule is CN(C)c1ccc(/C=C(\NC(=O)c2ccccc2)C(=O)NN=Cc2ccccc2Cl)cc1. The Labute approximate surface area is 192 Å². The van der Waals surface area contributed by atoms with Crippen LogP contribution in [0.1, 0.15) is 21.5 Å². The van der Waals surface area contributed by atoms with Crippen LogP contribution in [0.2, 0.25) is 5.02 Å². The van der Waals surface area contributed by atoms with E-state index in [4.69, 9.17) is 11.6 Å². The van der Waals surface area contributed by atoms with Crippen molar-refractivity contribution in [2.75, 3.05) is 19.0 Å². The van der Waals surface area contributed by atoms with E-state index < -0.39 is 11.8 Å². The first kappa shape index (κ1) is 22.8. The molecule has 0 aliphatic heterocycles. The van der Waals surface area contributed by atoms with Crippen LogP contribution in [0.3, 0.4) is 0 Å². The molecule has 2 N–H and O–H groups in total. The Bertz CT molecular complexity index is 1140. The summed E-state index contributed by atoms with van der Waals surface area (Å²) in [7, 11) is 3.89. The summed E-state index contributed by atoms with van der Waals surface area (Å²) < 4.78 is 0. The Morgan fingerprint density at radius 1 is 0.906 bits per heavy atom. The van der Waals surface area contributed by atoms with Crippen LogP contribution in [0, 0.1) is 0 Å². The van der Waals surface area contributed by atoms with Crippen LogP contribution >= 0.6 is 11.6 Å². The normalized spacial score (nSPS) is 11.3. The van der Waals surface area contributed by atoms with Gasteiger partial charge in [-0.15, -0.1) is 0 Å². The summed E-state index contributed by atoms with van der Waals surface area (Å²) in [6.45, 7) is 0. The van der Waals surface area contributed by atoms with Crippen molar-refractivity contribution in [2.24, 2.45) is 5.10 Å². The molecule has 0 heterocycles. The quantitative estimate of drug-likeness (QED) is 0.322. The maximum absolute atomic E-state index is 12.8. The first-order valence-corrected chi connectivity index (χ1v) is 10.3. The smallest absolute Gasteiger partial charge is 0.287 e. The summed E-state index contributed by atoms with van der Waals surface area (Å²) in [5.74, 6) is -0.957. The number of nitrogens with zero attached hydrogens (tertiary/aromatic N) is 2. The van der Waals surface area contributed by atoms with E-state index in [0.717, 1.165) is 11.3 Å². The minimum absolute atomic E-state index is 0.0627. The molecule has 0 aliphatic carbocycles. The minimum atomic E-state index is -0.561. The van der Waals surface area contributed by atoms with Crippen LogP contribution in [0.25, 0.3) is 6.08 Å². The number of hydrogen-bond acceptors (Lipinski definition) is 4. The molecule has 0 aliphatic rings. The number of rotatable bonds is 7. The molecule has 0 aromatic heterocycles. The second-order valence-corrected chi connectivity index (χ2v) is 7.49. The summed E-state index contributed by atoms with van der Waals surface area (Å²) >= 11 is 6.11. The van der Waals surface area contributed by atoms with Crippen molar-refractivity contribution >= 4 is 41.4 Å². The van der Waals surface area contributed by atoms with Crippen LogP contribution in [0.5, 0.6) is 0 Å². The van der Waals surface area contributed by atoms with E-state index in [1.807, 2.05) is 55.4 Å². The average Bonchev–Trinajstić information content (AvgIpc) is 2.80. The molecule has 162 valence electrons. The van der Waals surface area contributed by atoms with E-state index in [9.17, 15) is 9.59 Å². The Balaban J connectivity index is 1.82. The van der Waals surface area contributed by atoms with Gasteiger partial charge in [0.05, 0.1) is 6.21 Å². The van der Waals surface area contributed by atoms with E-state index in [0.29, 0.717) is 16.1 Å². The van der Waals surface area contributed by atoms with E-state index >= 15 is 0 Å². The van der Waals surface area contributed by atoms with Crippen LogP contribution in [-0.2, 0) is 4.79 Å². The largest absolute Gasteiger partial charge is 0.378 e. The Hall–Kier alpha value is -3.90. The fourth-order valence-corrected chi connectivity index (χ4v) is 2.96. The third kappa shape index (κ3) is 6.30. The van der Waals surface area contributed by atoms with Crippen LogP contribution in [-0.4, -0.2) is 32.1 Å². The van der Waals surface area contributed by atoms with Crippen molar-refractivity contribution in [1.82, 2.24) is 10.7 Å². The highest BCUT2D eigenvalue weighted by atomic mass is 35.5. The highest BCUT2D eigenvalue weighted by Crippen LogP contribution is 2.15. The number of carbonyl (C=O) groups is 2. The Kier molecular flexibility index (Phi) is 7.78. The van der Waals surface area contributed by atoms with Crippen LogP contribution in [0.15, 0.2) is 89.7 Å². The second-order valence-electron chi connectivity index (χ2n) is 7.08. The lowest BCUT2D eigenvalue weighted by molar-refractivity contribution is -0.117. The molecule has 3 aromatic rings. The highest BCUT2D eigenvalue weighted by Gasteiger charge is 2.14. The van der Waals surface area contributed by atoms with Gasteiger partial charge in [0.1, 0.15) is 5.70 Å². The molecule has 32 heavy (non-hydrogen) atoms. The molecular weight excluding hydrogens is 424 g/mol. The lowest BCUT2D eigenvalue weighted by atomic mass is 10.1. The Morgan fingerprint density at radius 3 is 2.22 bits per heavy atom. The molecule has 0 atom stereocenters. The maximum Gasteiger partial charge on any atom is 0.287 e. The summed E-state index contributed by atoms with van der Waals surface area (Å²) in [5, 5.41) is 7.17. The van der Waals surface area contributed by atoms with Crippen molar-refractivity contribution in [3.8, 4) is 0 Å². The van der Waals surface area contributed by atoms with Crippen molar-refractivity contribution < 1.29 is 9.59 Å². The fourth-order valence-electron chi connectivity index (χ4n) is 2.78. The molecule has 0 saturated heterocycles. The monoisotopic (exact) mass is 446 g/mol. The molecule has 0 unspecified atom stereocenters. The first-order valence-electron chi connectivity index (χ1n) is 9.87. The lowest BCUT2D eigenvalue weighted by Gasteiger charge is -2.12. The molecular formula is C25H23ClN4O2. The highest BCUT2D eigenvalue weighted by molar-refractivity contribution is 6.33. The van der Waals surface area contributed by atoms with Crippen molar-refractivity contribution in [3.63, 3.8) is 0 Å².